The number of rotatable bonds is 3. The van der Waals surface area contributed by atoms with Crippen molar-refractivity contribution >= 4 is 28.9 Å². The standard InChI is InChI=1S/C23H25ClN4O/c1-13-6-7-15(12-18(13)24)28-22(14-4-2-3-5-14)17-9-10-19-16(21(17)27-28)8-11-20(26-19)23(25)29/h6-8,11-12,14,17,22H,2-5,9-10H2,1H3,(H2,25,29). The van der Waals surface area contributed by atoms with Crippen molar-refractivity contribution in [2.45, 2.75) is 51.5 Å². The number of anilines is 1. The Morgan fingerprint density at radius 2 is 1.97 bits per heavy atom. The molecule has 2 unspecified atom stereocenters. The van der Waals surface area contributed by atoms with Gasteiger partial charge in [-0.05, 0) is 68.4 Å². The Labute approximate surface area is 175 Å². The summed E-state index contributed by atoms with van der Waals surface area (Å²) in [5.74, 6) is 0.538. The van der Waals surface area contributed by atoms with E-state index in [0.717, 1.165) is 46.1 Å². The lowest BCUT2D eigenvalue weighted by Gasteiger charge is -2.34. The number of primary amides is 1. The van der Waals surface area contributed by atoms with E-state index in [1.54, 1.807) is 6.07 Å². The predicted octanol–water partition coefficient (Wildman–Crippen LogP) is 4.49. The van der Waals surface area contributed by atoms with E-state index in [9.17, 15) is 4.79 Å². The fraction of sp³-hybridized carbons (Fsp3) is 0.435. The maximum absolute atomic E-state index is 11.5. The molecule has 5 nitrogen and oxygen atoms in total. The van der Waals surface area contributed by atoms with Crippen LogP contribution in [0.5, 0.6) is 0 Å². The first kappa shape index (κ1) is 18.6. The van der Waals surface area contributed by atoms with Crippen LogP contribution in [0.1, 0.15) is 59.4 Å². The van der Waals surface area contributed by atoms with E-state index in [-0.39, 0.29) is 0 Å². The molecule has 1 saturated carbocycles. The van der Waals surface area contributed by atoms with Crippen LogP contribution in [0, 0.1) is 18.8 Å². The molecule has 2 heterocycles. The van der Waals surface area contributed by atoms with E-state index in [1.807, 2.05) is 19.1 Å². The van der Waals surface area contributed by atoms with Gasteiger partial charge in [0.25, 0.3) is 5.91 Å². The number of nitrogens with two attached hydrogens (primary N) is 1. The number of hydrogen-bond donors (Lipinski definition) is 1. The number of nitrogens with zero attached hydrogens (tertiary/aromatic N) is 3. The zero-order valence-electron chi connectivity index (χ0n) is 16.6. The smallest absolute Gasteiger partial charge is 0.267 e. The van der Waals surface area contributed by atoms with Crippen molar-refractivity contribution in [3.05, 3.63) is 57.9 Å². The van der Waals surface area contributed by atoms with Crippen LogP contribution >= 0.6 is 11.6 Å². The van der Waals surface area contributed by atoms with Gasteiger partial charge in [0.05, 0.1) is 23.1 Å². The van der Waals surface area contributed by atoms with Crippen LogP contribution in [0.2, 0.25) is 5.02 Å². The van der Waals surface area contributed by atoms with Gasteiger partial charge in [-0.3, -0.25) is 9.80 Å². The van der Waals surface area contributed by atoms with Crippen molar-refractivity contribution in [2.75, 3.05) is 5.01 Å². The molecule has 0 radical (unpaired) electrons. The Bertz CT molecular complexity index is 1010. The molecule has 5 rings (SSSR count). The summed E-state index contributed by atoms with van der Waals surface area (Å²) in [6.07, 6.45) is 6.96. The van der Waals surface area contributed by atoms with Gasteiger partial charge in [-0.25, -0.2) is 4.98 Å². The number of fused-ring (bicyclic) bond motifs is 3. The number of aryl methyl sites for hydroxylation is 2. The number of pyridine rings is 1. The molecule has 0 saturated heterocycles. The van der Waals surface area contributed by atoms with Crippen LogP contribution in [0.3, 0.4) is 0 Å². The van der Waals surface area contributed by atoms with Gasteiger partial charge in [-0.15, -0.1) is 0 Å². The largest absolute Gasteiger partial charge is 0.364 e. The molecular weight excluding hydrogens is 384 g/mol. The lowest BCUT2D eigenvalue weighted by molar-refractivity contribution is 0.0995. The fourth-order valence-electron chi connectivity index (χ4n) is 5.29. The van der Waals surface area contributed by atoms with Gasteiger partial charge < -0.3 is 5.73 Å². The van der Waals surface area contributed by atoms with Crippen molar-refractivity contribution in [1.82, 2.24) is 4.98 Å². The third-order valence-corrected chi connectivity index (χ3v) is 7.17. The molecule has 1 aliphatic heterocycles. The van der Waals surface area contributed by atoms with E-state index < -0.39 is 5.91 Å². The SMILES string of the molecule is Cc1ccc(N2N=C3c4ccc(C(N)=O)nc4CCC3C2C2CCCC2)cc1Cl. The second kappa shape index (κ2) is 7.13. The molecule has 29 heavy (non-hydrogen) atoms. The predicted molar refractivity (Wildman–Crippen MR) is 116 cm³/mol. The fourth-order valence-corrected chi connectivity index (χ4v) is 5.46. The summed E-state index contributed by atoms with van der Waals surface area (Å²) in [5, 5.41) is 8.12. The second-order valence-corrected chi connectivity index (χ2v) is 8.91. The summed E-state index contributed by atoms with van der Waals surface area (Å²) in [7, 11) is 0. The number of carbonyl (C=O) groups excluding carboxylic acids is 1. The van der Waals surface area contributed by atoms with E-state index in [0.29, 0.717) is 23.6 Å². The molecule has 1 amide bonds. The second-order valence-electron chi connectivity index (χ2n) is 8.50. The van der Waals surface area contributed by atoms with Gasteiger partial charge in [0.15, 0.2) is 0 Å². The molecule has 2 N–H and O–H groups in total. The molecule has 150 valence electrons. The van der Waals surface area contributed by atoms with Crippen molar-refractivity contribution in [3.8, 4) is 0 Å². The summed E-state index contributed by atoms with van der Waals surface area (Å²) in [6, 6.07) is 10.3. The summed E-state index contributed by atoms with van der Waals surface area (Å²) < 4.78 is 0. The first-order chi connectivity index (χ1) is 14.0. The molecule has 2 aromatic rings. The Kier molecular flexibility index (Phi) is 4.58. The molecule has 0 bridgehead atoms. The number of hydrogen-bond acceptors (Lipinski definition) is 4. The zero-order chi connectivity index (χ0) is 20.1. The maximum Gasteiger partial charge on any atom is 0.267 e. The third kappa shape index (κ3) is 3.12. The molecule has 0 spiro atoms. The van der Waals surface area contributed by atoms with Gasteiger partial charge in [0.1, 0.15) is 5.69 Å². The van der Waals surface area contributed by atoms with Crippen molar-refractivity contribution < 1.29 is 4.79 Å². The molecular formula is C23H25ClN4O. The van der Waals surface area contributed by atoms with Crippen LogP contribution < -0.4 is 10.7 Å². The third-order valence-electron chi connectivity index (χ3n) is 6.76. The Morgan fingerprint density at radius 1 is 1.17 bits per heavy atom. The Balaban J connectivity index is 1.59. The Hall–Kier alpha value is -2.40. The minimum Gasteiger partial charge on any atom is -0.364 e. The Morgan fingerprint density at radius 3 is 2.69 bits per heavy atom. The van der Waals surface area contributed by atoms with Crippen LogP contribution in [0.15, 0.2) is 35.4 Å². The van der Waals surface area contributed by atoms with Crippen molar-refractivity contribution in [3.63, 3.8) is 0 Å². The van der Waals surface area contributed by atoms with Crippen molar-refractivity contribution in [2.24, 2.45) is 22.7 Å². The van der Waals surface area contributed by atoms with E-state index in [1.165, 1.54) is 25.7 Å². The first-order valence-electron chi connectivity index (χ1n) is 10.5. The lowest BCUT2D eigenvalue weighted by atomic mass is 9.76. The quantitative estimate of drug-likeness (QED) is 0.813. The summed E-state index contributed by atoms with van der Waals surface area (Å²) in [5.41, 5.74) is 11.0. The van der Waals surface area contributed by atoms with Crippen LogP contribution in [0.25, 0.3) is 0 Å². The highest BCUT2D eigenvalue weighted by atomic mass is 35.5. The molecule has 6 heteroatoms. The van der Waals surface area contributed by atoms with Gasteiger partial charge in [-0.1, -0.05) is 30.5 Å². The van der Waals surface area contributed by atoms with Gasteiger partial charge in [-0.2, -0.15) is 5.10 Å². The first-order valence-corrected chi connectivity index (χ1v) is 10.8. The number of halogens is 1. The van der Waals surface area contributed by atoms with E-state index >= 15 is 0 Å². The van der Waals surface area contributed by atoms with E-state index in [2.05, 4.69) is 22.1 Å². The monoisotopic (exact) mass is 408 g/mol. The number of hydrazone groups is 1. The average Bonchev–Trinajstić information content (AvgIpc) is 3.36. The molecule has 2 atom stereocenters. The average molecular weight is 409 g/mol. The van der Waals surface area contributed by atoms with Crippen LogP contribution in [-0.2, 0) is 6.42 Å². The molecule has 3 aliphatic rings. The van der Waals surface area contributed by atoms with Gasteiger partial charge in [0.2, 0.25) is 0 Å². The van der Waals surface area contributed by atoms with Crippen molar-refractivity contribution in [1.29, 1.82) is 0 Å². The molecule has 1 aromatic carbocycles. The van der Waals surface area contributed by atoms with E-state index in [4.69, 9.17) is 22.4 Å². The normalized spacial score (nSPS) is 23.7. The molecule has 1 fully saturated rings. The highest BCUT2D eigenvalue weighted by molar-refractivity contribution is 6.31. The number of carbonyl (C=O) groups is 1. The van der Waals surface area contributed by atoms with Crippen LogP contribution in [-0.4, -0.2) is 22.6 Å². The topological polar surface area (TPSA) is 71.6 Å². The molecule has 1 aromatic heterocycles. The van der Waals surface area contributed by atoms with Gasteiger partial charge in [0, 0.05) is 16.5 Å². The summed E-state index contributed by atoms with van der Waals surface area (Å²) in [6.45, 7) is 2.02. The summed E-state index contributed by atoms with van der Waals surface area (Å²) >= 11 is 6.45. The molecule has 2 aliphatic carbocycles. The highest BCUT2D eigenvalue weighted by Crippen LogP contribution is 2.44. The maximum atomic E-state index is 11.5. The lowest BCUT2D eigenvalue weighted by Crippen LogP contribution is -2.40. The number of aromatic nitrogens is 1. The number of amides is 1. The van der Waals surface area contributed by atoms with Gasteiger partial charge >= 0.3 is 0 Å². The zero-order valence-corrected chi connectivity index (χ0v) is 17.3. The number of benzene rings is 1. The van der Waals surface area contributed by atoms with Crippen LogP contribution in [0.4, 0.5) is 5.69 Å². The minimum absolute atomic E-state index is 0.329. The minimum atomic E-state index is -0.483. The summed E-state index contributed by atoms with van der Waals surface area (Å²) in [4.78, 5) is 16.1. The highest BCUT2D eigenvalue weighted by Gasteiger charge is 2.45.